The number of carbonyl (C=O) groups is 1. The van der Waals surface area contributed by atoms with Crippen molar-refractivity contribution in [2.75, 3.05) is 27.1 Å². The van der Waals surface area contributed by atoms with Crippen LogP contribution in [0.25, 0.3) is 22.9 Å². The quantitative estimate of drug-likeness (QED) is 0.188. The van der Waals surface area contributed by atoms with E-state index in [1.165, 1.54) is 12.1 Å². The molecule has 0 radical (unpaired) electrons. The second kappa shape index (κ2) is 11.8. The summed E-state index contributed by atoms with van der Waals surface area (Å²) < 4.78 is 22.4. The van der Waals surface area contributed by atoms with Gasteiger partial charge in [0.15, 0.2) is 6.79 Å². The molecule has 8 heteroatoms. The topological polar surface area (TPSA) is 104 Å². The molecule has 1 unspecified atom stereocenters. The molecule has 3 aromatic rings. The number of benzene rings is 2. The third-order valence-electron chi connectivity index (χ3n) is 5.88. The Bertz CT molecular complexity index is 1150. The van der Waals surface area contributed by atoms with Crippen molar-refractivity contribution in [1.29, 1.82) is 0 Å². The molecule has 0 saturated heterocycles. The van der Waals surface area contributed by atoms with Gasteiger partial charge in [0.2, 0.25) is 11.8 Å². The van der Waals surface area contributed by atoms with Crippen molar-refractivity contribution in [3.8, 4) is 28.7 Å². The maximum Gasteiger partial charge on any atom is 0.335 e. The molecular formula is C27H32N2O6. The smallest absolute Gasteiger partial charge is 0.335 e. The molecule has 186 valence electrons. The van der Waals surface area contributed by atoms with E-state index in [2.05, 4.69) is 30.6 Å². The van der Waals surface area contributed by atoms with Crippen molar-refractivity contribution >= 4 is 5.97 Å². The van der Waals surface area contributed by atoms with Crippen LogP contribution < -0.4 is 4.74 Å². The zero-order chi connectivity index (χ0) is 25.4. The van der Waals surface area contributed by atoms with E-state index < -0.39 is 5.97 Å². The van der Waals surface area contributed by atoms with Gasteiger partial charge in [-0.25, -0.2) is 4.79 Å². The van der Waals surface area contributed by atoms with E-state index >= 15 is 0 Å². The fraction of sp³-hybridized carbons (Fsp3) is 0.370. The maximum atomic E-state index is 11.1. The number of hydrogen-bond acceptors (Lipinski definition) is 7. The normalized spacial score (nSPS) is 12.8. The van der Waals surface area contributed by atoms with Gasteiger partial charge in [0.25, 0.3) is 0 Å². The Morgan fingerprint density at radius 1 is 1.09 bits per heavy atom. The summed E-state index contributed by atoms with van der Waals surface area (Å²) in [5.41, 5.74) is 3.45. The van der Waals surface area contributed by atoms with Crippen LogP contribution in [0.4, 0.5) is 0 Å². The van der Waals surface area contributed by atoms with Gasteiger partial charge in [-0.3, -0.25) is 0 Å². The van der Waals surface area contributed by atoms with Crippen molar-refractivity contribution in [2.45, 2.75) is 39.0 Å². The average Bonchev–Trinajstić information content (AvgIpc) is 3.34. The van der Waals surface area contributed by atoms with Gasteiger partial charge < -0.3 is 23.7 Å². The zero-order valence-electron chi connectivity index (χ0n) is 20.7. The van der Waals surface area contributed by atoms with E-state index in [-0.39, 0.29) is 17.8 Å². The number of rotatable bonds is 13. The summed E-state index contributed by atoms with van der Waals surface area (Å²) in [6.07, 6.45) is 1.66. The van der Waals surface area contributed by atoms with Crippen molar-refractivity contribution < 1.29 is 28.5 Å². The number of hydrogen-bond donors (Lipinski definition) is 1. The van der Waals surface area contributed by atoms with Crippen LogP contribution in [0, 0.1) is 0 Å². The van der Waals surface area contributed by atoms with Gasteiger partial charge >= 0.3 is 5.97 Å². The Labute approximate surface area is 205 Å². The van der Waals surface area contributed by atoms with Crippen LogP contribution in [-0.2, 0) is 14.9 Å². The molecule has 0 amide bonds. The van der Waals surface area contributed by atoms with Crippen LogP contribution >= 0.6 is 0 Å². The Kier molecular flexibility index (Phi) is 8.78. The van der Waals surface area contributed by atoms with Crippen LogP contribution in [0.1, 0.15) is 49.5 Å². The zero-order valence-corrected chi connectivity index (χ0v) is 20.7. The number of ether oxygens (including phenoxy) is 3. The number of aromatic nitrogens is 2. The molecule has 1 N–H and O–H groups in total. The first-order valence-electron chi connectivity index (χ1n) is 11.4. The minimum absolute atomic E-state index is 0.111. The number of allylic oxidation sites excluding steroid dienone is 1. The summed E-state index contributed by atoms with van der Waals surface area (Å²) in [5, 5.41) is 17.5. The molecule has 0 aliphatic heterocycles. The summed E-state index contributed by atoms with van der Waals surface area (Å²) in [7, 11) is 1.62. The largest absolute Gasteiger partial charge is 0.478 e. The fourth-order valence-electron chi connectivity index (χ4n) is 3.86. The molecule has 0 aliphatic carbocycles. The summed E-state index contributed by atoms with van der Waals surface area (Å²) in [6, 6.07) is 12.1. The minimum atomic E-state index is -0.990. The van der Waals surface area contributed by atoms with Gasteiger partial charge in [-0.05, 0) is 67.6 Å². The summed E-state index contributed by atoms with van der Waals surface area (Å²) >= 11 is 0. The third kappa shape index (κ3) is 6.55. The first kappa shape index (κ1) is 26.1. The molecule has 0 fully saturated rings. The van der Waals surface area contributed by atoms with Gasteiger partial charge in [0.05, 0.1) is 18.8 Å². The highest BCUT2D eigenvalue weighted by Gasteiger charge is 2.29. The van der Waals surface area contributed by atoms with Gasteiger partial charge in [-0.2, -0.15) is 0 Å². The van der Waals surface area contributed by atoms with E-state index in [1.807, 2.05) is 25.1 Å². The molecule has 3 rings (SSSR count). The number of aromatic carboxylic acids is 1. The Morgan fingerprint density at radius 2 is 1.74 bits per heavy atom. The number of carboxylic acid groups (broad SMARTS) is 1. The highest BCUT2D eigenvalue weighted by atomic mass is 16.7. The van der Waals surface area contributed by atoms with Crippen LogP contribution in [0.2, 0.25) is 0 Å². The van der Waals surface area contributed by atoms with Crippen LogP contribution in [0.15, 0.2) is 59.0 Å². The monoisotopic (exact) mass is 480 g/mol. The molecule has 0 bridgehead atoms. The first-order valence-corrected chi connectivity index (χ1v) is 11.4. The maximum absolute atomic E-state index is 11.1. The lowest BCUT2D eigenvalue weighted by Crippen LogP contribution is -2.23. The number of carboxylic acids is 1. The van der Waals surface area contributed by atoms with E-state index in [0.29, 0.717) is 30.6 Å². The summed E-state index contributed by atoms with van der Waals surface area (Å²) in [6.45, 7) is 11.5. The fourth-order valence-corrected chi connectivity index (χ4v) is 3.86. The van der Waals surface area contributed by atoms with Crippen LogP contribution in [0.3, 0.4) is 0 Å². The number of nitrogens with zero attached hydrogens (tertiary/aromatic N) is 2. The first-order chi connectivity index (χ1) is 16.8. The predicted octanol–water partition coefficient (Wildman–Crippen LogP) is 5.74. The molecule has 8 nitrogen and oxygen atoms in total. The lowest BCUT2D eigenvalue weighted by molar-refractivity contribution is -0.00930. The molecule has 0 aliphatic rings. The highest BCUT2D eigenvalue weighted by Crippen LogP contribution is 2.41. The van der Waals surface area contributed by atoms with Crippen LogP contribution in [0.5, 0.6) is 5.75 Å². The molecule has 35 heavy (non-hydrogen) atoms. The SMILES string of the molecule is C=C(C)CC(C)(CC)c1cc(-c2nnc(-c3ccc(C(=O)O)cc3)o2)ccc1OCOCCOC. The molecular weight excluding hydrogens is 448 g/mol. The second-order valence-electron chi connectivity index (χ2n) is 8.72. The molecule has 2 aromatic carbocycles. The Balaban J connectivity index is 1.92. The average molecular weight is 481 g/mol. The van der Waals surface area contributed by atoms with Crippen molar-refractivity contribution in [3.63, 3.8) is 0 Å². The van der Waals surface area contributed by atoms with Crippen molar-refractivity contribution in [1.82, 2.24) is 10.2 Å². The van der Waals surface area contributed by atoms with Gasteiger partial charge in [-0.15, -0.1) is 16.8 Å². The molecule has 1 heterocycles. The summed E-state index contributed by atoms with van der Waals surface area (Å²) in [4.78, 5) is 11.1. The van der Waals surface area contributed by atoms with E-state index in [9.17, 15) is 4.79 Å². The molecule has 1 aromatic heterocycles. The van der Waals surface area contributed by atoms with E-state index in [1.54, 1.807) is 19.2 Å². The van der Waals surface area contributed by atoms with E-state index in [0.717, 1.165) is 35.3 Å². The Hall–Kier alpha value is -3.49. The highest BCUT2D eigenvalue weighted by molar-refractivity contribution is 5.88. The third-order valence-corrected chi connectivity index (χ3v) is 5.88. The van der Waals surface area contributed by atoms with Crippen molar-refractivity contribution in [3.05, 3.63) is 65.7 Å². The standard InChI is InChI=1S/C27H32N2O6/c1-6-27(4,16-18(2)3)22-15-21(11-12-23(22)34-17-33-14-13-32-5)25-29-28-24(35-25)19-7-9-20(10-8-19)26(30)31/h7-12,15H,2,6,13-14,16-17H2,1,3-5H3,(H,30,31). The minimum Gasteiger partial charge on any atom is -0.478 e. The van der Waals surface area contributed by atoms with Crippen molar-refractivity contribution in [2.24, 2.45) is 0 Å². The van der Waals surface area contributed by atoms with Crippen LogP contribution in [-0.4, -0.2) is 48.4 Å². The van der Waals surface area contributed by atoms with Gasteiger partial charge in [-0.1, -0.05) is 19.4 Å². The van der Waals surface area contributed by atoms with Gasteiger partial charge in [0.1, 0.15) is 5.75 Å². The second-order valence-corrected chi connectivity index (χ2v) is 8.72. The molecule has 1 atom stereocenters. The summed E-state index contributed by atoms with van der Waals surface area (Å²) in [5.74, 6) is 0.405. The molecule has 0 spiro atoms. The lowest BCUT2D eigenvalue weighted by Gasteiger charge is -2.31. The van der Waals surface area contributed by atoms with Gasteiger partial charge in [0, 0.05) is 23.8 Å². The lowest BCUT2D eigenvalue weighted by atomic mass is 9.74. The molecule has 0 saturated carbocycles. The Morgan fingerprint density at radius 3 is 2.34 bits per heavy atom. The van der Waals surface area contributed by atoms with E-state index in [4.69, 9.17) is 23.7 Å². The predicted molar refractivity (Wildman–Crippen MR) is 133 cm³/mol. The number of methoxy groups -OCH3 is 1.